The van der Waals surface area contributed by atoms with Crippen molar-refractivity contribution in [2.75, 3.05) is 13.1 Å². The predicted molar refractivity (Wildman–Crippen MR) is 47.4 cm³/mol. The largest absolute Gasteiger partial charge is 0.390 e. The van der Waals surface area contributed by atoms with Crippen molar-refractivity contribution in [3.05, 3.63) is 11.8 Å². The standard InChI is InChI=1S/C8H15N3O/c9-3-8(6-11-12)5-10-4-7-1-2-7/h3,5,7,9-12H,1-2,4,6H2/b8-5+,9-3?. The molecular weight excluding hydrogens is 154 g/mol. The summed E-state index contributed by atoms with van der Waals surface area (Å²) in [5, 5.41) is 18.5. The second-order valence-corrected chi connectivity index (χ2v) is 3.05. The van der Waals surface area contributed by atoms with E-state index in [0.717, 1.165) is 18.0 Å². The first-order valence-corrected chi connectivity index (χ1v) is 4.16. The van der Waals surface area contributed by atoms with Crippen molar-refractivity contribution in [3.63, 3.8) is 0 Å². The molecule has 1 aliphatic carbocycles. The van der Waals surface area contributed by atoms with E-state index in [4.69, 9.17) is 10.6 Å². The van der Waals surface area contributed by atoms with Gasteiger partial charge in [0.15, 0.2) is 0 Å². The number of hydrogen-bond acceptors (Lipinski definition) is 4. The number of hydrogen-bond donors (Lipinski definition) is 4. The van der Waals surface area contributed by atoms with Crippen LogP contribution in [-0.4, -0.2) is 24.5 Å². The molecule has 4 N–H and O–H groups in total. The minimum absolute atomic E-state index is 0.321. The Labute approximate surface area is 72.1 Å². The fourth-order valence-corrected chi connectivity index (χ4v) is 0.914. The van der Waals surface area contributed by atoms with Crippen LogP contribution in [0.15, 0.2) is 11.8 Å². The lowest BCUT2D eigenvalue weighted by Crippen LogP contribution is -2.16. The molecule has 1 rings (SSSR count). The highest BCUT2D eigenvalue weighted by Crippen LogP contribution is 2.27. The highest BCUT2D eigenvalue weighted by atomic mass is 16.5. The highest BCUT2D eigenvalue weighted by molar-refractivity contribution is 5.75. The summed E-state index contributed by atoms with van der Waals surface area (Å²) in [6.07, 6.45) is 5.63. The van der Waals surface area contributed by atoms with Gasteiger partial charge < -0.3 is 15.9 Å². The Balaban J connectivity index is 2.15. The van der Waals surface area contributed by atoms with Crippen LogP contribution >= 0.6 is 0 Å². The Morgan fingerprint density at radius 1 is 1.58 bits per heavy atom. The molecule has 0 radical (unpaired) electrons. The molecule has 1 saturated carbocycles. The molecule has 0 aliphatic heterocycles. The van der Waals surface area contributed by atoms with E-state index in [9.17, 15) is 0 Å². The molecule has 0 spiro atoms. The van der Waals surface area contributed by atoms with Gasteiger partial charge in [-0.2, -0.15) is 0 Å². The van der Waals surface area contributed by atoms with Crippen molar-refractivity contribution < 1.29 is 5.21 Å². The Morgan fingerprint density at radius 2 is 2.33 bits per heavy atom. The molecule has 0 aromatic heterocycles. The maximum atomic E-state index is 8.37. The summed E-state index contributed by atoms with van der Waals surface area (Å²) in [5.74, 6) is 0.829. The minimum Gasteiger partial charge on any atom is -0.390 e. The topological polar surface area (TPSA) is 68.1 Å². The molecule has 0 aromatic rings. The molecule has 1 aliphatic rings. The second kappa shape index (κ2) is 4.90. The fourth-order valence-electron chi connectivity index (χ4n) is 0.914. The van der Waals surface area contributed by atoms with Crippen LogP contribution in [0.5, 0.6) is 0 Å². The number of hydroxylamine groups is 1. The smallest absolute Gasteiger partial charge is 0.0487 e. The van der Waals surface area contributed by atoms with Gasteiger partial charge in [0, 0.05) is 31.1 Å². The van der Waals surface area contributed by atoms with Crippen LogP contribution in [0.1, 0.15) is 12.8 Å². The highest BCUT2D eigenvalue weighted by Gasteiger charge is 2.19. The van der Waals surface area contributed by atoms with Gasteiger partial charge >= 0.3 is 0 Å². The maximum Gasteiger partial charge on any atom is 0.0487 e. The SMILES string of the molecule is N=C/C(=C\NCC1CC1)CNO. The lowest BCUT2D eigenvalue weighted by atomic mass is 10.3. The lowest BCUT2D eigenvalue weighted by molar-refractivity contribution is 0.178. The van der Waals surface area contributed by atoms with E-state index in [2.05, 4.69) is 5.32 Å². The van der Waals surface area contributed by atoms with E-state index in [1.54, 1.807) is 6.20 Å². The Kier molecular flexibility index (Phi) is 3.76. The van der Waals surface area contributed by atoms with Crippen LogP contribution in [0.3, 0.4) is 0 Å². The first-order valence-electron chi connectivity index (χ1n) is 4.16. The molecule has 0 saturated heterocycles. The molecule has 68 valence electrons. The number of rotatable bonds is 6. The van der Waals surface area contributed by atoms with Gasteiger partial charge in [0.05, 0.1) is 0 Å². The summed E-state index contributed by atoms with van der Waals surface area (Å²) in [4.78, 5) is 0. The van der Waals surface area contributed by atoms with Gasteiger partial charge in [-0.1, -0.05) is 0 Å². The van der Waals surface area contributed by atoms with Crippen LogP contribution in [0.2, 0.25) is 0 Å². The molecule has 4 heteroatoms. The Bertz CT molecular complexity index is 175. The summed E-state index contributed by atoms with van der Waals surface area (Å²) < 4.78 is 0. The summed E-state index contributed by atoms with van der Waals surface area (Å²) in [7, 11) is 0. The van der Waals surface area contributed by atoms with E-state index in [-0.39, 0.29) is 0 Å². The quantitative estimate of drug-likeness (QED) is 0.346. The van der Waals surface area contributed by atoms with E-state index >= 15 is 0 Å². The van der Waals surface area contributed by atoms with Crippen LogP contribution in [0.25, 0.3) is 0 Å². The van der Waals surface area contributed by atoms with E-state index in [1.165, 1.54) is 19.1 Å². The average molecular weight is 169 g/mol. The van der Waals surface area contributed by atoms with Crippen LogP contribution in [-0.2, 0) is 0 Å². The van der Waals surface area contributed by atoms with Gasteiger partial charge in [-0.3, -0.25) is 0 Å². The summed E-state index contributed by atoms with van der Waals surface area (Å²) >= 11 is 0. The molecule has 12 heavy (non-hydrogen) atoms. The zero-order valence-corrected chi connectivity index (χ0v) is 7.01. The van der Waals surface area contributed by atoms with Gasteiger partial charge in [0.25, 0.3) is 0 Å². The van der Waals surface area contributed by atoms with E-state index < -0.39 is 0 Å². The van der Waals surface area contributed by atoms with Gasteiger partial charge in [0.1, 0.15) is 0 Å². The third-order valence-electron chi connectivity index (χ3n) is 1.86. The van der Waals surface area contributed by atoms with Gasteiger partial charge in [0.2, 0.25) is 0 Å². The maximum absolute atomic E-state index is 8.37. The Morgan fingerprint density at radius 3 is 2.83 bits per heavy atom. The van der Waals surface area contributed by atoms with Crippen LogP contribution in [0, 0.1) is 11.3 Å². The molecule has 0 heterocycles. The molecule has 0 atom stereocenters. The molecule has 1 fully saturated rings. The second-order valence-electron chi connectivity index (χ2n) is 3.05. The first-order chi connectivity index (χ1) is 5.86. The normalized spacial score (nSPS) is 17.6. The predicted octanol–water partition coefficient (Wildman–Crippen LogP) is 0.498. The minimum atomic E-state index is 0.321. The van der Waals surface area contributed by atoms with Crippen LogP contribution < -0.4 is 10.8 Å². The van der Waals surface area contributed by atoms with Crippen molar-refractivity contribution >= 4 is 6.21 Å². The first kappa shape index (κ1) is 9.22. The summed E-state index contributed by atoms with van der Waals surface area (Å²) in [5.41, 5.74) is 2.76. The fraction of sp³-hybridized carbons (Fsp3) is 0.625. The van der Waals surface area contributed by atoms with Crippen molar-refractivity contribution in [2.24, 2.45) is 5.92 Å². The van der Waals surface area contributed by atoms with Gasteiger partial charge in [-0.25, -0.2) is 5.48 Å². The average Bonchev–Trinajstić information content (AvgIpc) is 2.87. The summed E-state index contributed by atoms with van der Waals surface area (Å²) in [6.45, 7) is 1.31. The molecular formula is C8H15N3O. The van der Waals surface area contributed by atoms with Crippen molar-refractivity contribution in [1.82, 2.24) is 10.8 Å². The zero-order chi connectivity index (χ0) is 8.81. The lowest BCUT2D eigenvalue weighted by Gasteiger charge is -2.01. The molecule has 4 nitrogen and oxygen atoms in total. The van der Waals surface area contributed by atoms with Crippen molar-refractivity contribution in [2.45, 2.75) is 12.8 Å². The third kappa shape index (κ3) is 3.50. The van der Waals surface area contributed by atoms with Crippen molar-refractivity contribution in [1.29, 1.82) is 5.41 Å². The third-order valence-corrected chi connectivity index (χ3v) is 1.86. The zero-order valence-electron chi connectivity index (χ0n) is 7.01. The summed E-state index contributed by atoms with van der Waals surface area (Å²) in [6, 6.07) is 0. The number of nitrogens with one attached hydrogen (secondary N) is 3. The molecule has 0 unspecified atom stereocenters. The Hall–Kier alpha value is -0.870. The van der Waals surface area contributed by atoms with E-state index in [1.807, 2.05) is 5.48 Å². The van der Waals surface area contributed by atoms with Crippen molar-refractivity contribution in [3.8, 4) is 0 Å². The van der Waals surface area contributed by atoms with Gasteiger partial charge in [-0.15, -0.1) is 0 Å². The molecule has 0 aromatic carbocycles. The van der Waals surface area contributed by atoms with Gasteiger partial charge in [-0.05, 0) is 18.8 Å². The monoisotopic (exact) mass is 169 g/mol. The van der Waals surface area contributed by atoms with E-state index in [0.29, 0.717) is 6.54 Å². The molecule has 0 amide bonds. The molecule has 0 bridgehead atoms. The van der Waals surface area contributed by atoms with Crippen LogP contribution in [0.4, 0.5) is 0 Å².